The Balaban J connectivity index is 2.05. The molecule has 0 aliphatic carbocycles. The van der Waals surface area contributed by atoms with Crippen LogP contribution in [0, 0.1) is 13.8 Å². The number of hydrogen-bond donors (Lipinski definition) is 1. The van der Waals surface area contributed by atoms with E-state index < -0.39 is 0 Å². The molecule has 84 valence electrons. The van der Waals surface area contributed by atoms with Crippen LogP contribution in [0.25, 0.3) is 0 Å². The Kier molecular flexibility index (Phi) is 2.90. The van der Waals surface area contributed by atoms with Crippen LogP contribution in [0.5, 0.6) is 0 Å². The molecule has 0 aliphatic heterocycles. The van der Waals surface area contributed by atoms with E-state index in [1.54, 1.807) is 4.68 Å². The molecule has 0 spiro atoms. The molecule has 4 heteroatoms. The third-order valence-corrected chi connectivity index (χ3v) is 2.42. The van der Waals surface area contributed by atoms with Crippen molar-refractivity contribution in [3.8, 4) is 0 Å². The molecule has 0 saturated carbocycles. The topological polar surface area (TPSA) is 42.7 Å². The van der Waals surface area contributed by atoms with Crippen LogP contribution < -0.4 is 5.32 Å². The van der Waals surface area contributed by atoms with E-state index in [9.17, 15) is 0 Å². The molecule has 0 bridgehead atoms. The Morgan fingerprint density at radius 1 is 1.31 bits per heavy atom. The van der Waals surface area contributed by atoms with Crippen molar-refractivity contribution in [1.29, 1.82) is 0 Å². The van der Waals surface area contributed by atoms with Crippen molar-refractivity contribution in [2.45, 2.75) is 20.4 Å². The molecule has 0 aromatic carbocycles. The van der Waals surface area contributed by atoms with Gasteiger partial charge < -0.3 is 5.32 Å². The van der Waals surface area contributed by atoms with Gasteiger partial charge in [0, 0.05) is 18.9 Å². The van der Waals surface area contributed by atoms with Gasteiger partial charge in [0.1, 0.15) is 0 Å². The molecule has 2 aromatic heterocycles. The predicted octanol–water partition coefficient (Wildman–Crippen LogP) is 2.04. The molecule has 0 radical (unpaired) electrons. The van der Waals surface area contributed by atoms with Crippen molar-refractivity contribution in [3.05, 3.63) is 41.5 Å². The first-order chi connectivity index (χ1) is 7.65. The smallest absolute Gasteiger partial charge is 0.0825 e. The molecule has 0 unspecified atom stereocenters. The Bertz CT molecular complexity index is 488. The number of nitrogens with zero attached hydrogens (tertiary/aromatic N) is 3. The van der Waals surface area contributed by atoms with E-state index in [0.717, 1.165) is 29.3 Å². The van der Waals surface area contributed by atoms with Crippen LogP contribution in [-0.2, 0) is 13.6 Å². The van der Waals surface area contributed by atoms with Gasteiger partial charge in [-0.25, -0.2) is 0 Å². The molecule has 0 saturated heterocycles. The van der Waals surface area contributed by atoms with Crippen LogP contribution in [0.15, 0.2) is 24.4 Å². The molecular weight excluding hydrogens is 200 g/mol. The first-order valence-corrected chi connectivity index (χ1v) is 5.32. The summed E-state index contributed by atoms with van der Waals surface area (Å²) in [5.74, 6) is 0. The van der Waals surface area contributed by atoms with Crippen molar-refractivity contribution in [1.82, 2.24) is 14.8 Å². The largest absolute Gasteiger partial charge is 0.377 e. The van der Waals surface area contributed by atoms with E-state index in [2.05, 4.69) is 15.4 Å². The number of anilines is 1. The predicted molar refractivity (Wildman–Crippen MR) is 64.2 cm³/mol. The number of pyridine rings is 1. The minimum absolute atomic E-state index is 0.730. The van der Waals surface area contributed by atoms with Gasteiger partial charge in [0.05, 0.1) is 23.6 Å². The molecule has 2 rings (SSSR count). The molecule has 0 fully saturated rings. The Labute approximate surface area is 95.3 Å². The lowest BCUT2D eigenvalue weighted by atomic mass is 10.3. The lowest BCUT2D eigenvalue weighted by Crippen LogP contribution is -2.02. The van der Waals surface area contributed by atoms with Crippen molar-refractivity contribution < 1.29 is 0 Å². The van der Waals surface area contributed by atoms with Gasteiger partial charge in [-0.1, -0.05) is 6.07 Å². The lowest BCUT2D eigenvalue weighted by Gasteiger charge is -2.04. The van der Waals surface area contributed by atoms with Gasteiger partial charge >= 0.3 is 0 Å². The zero-order valence-electron chi connectivity index (χ0n) is 9.86. The fraction of sp³-hybridized carbons (Fsp3) is 0.333. The molecule has 16 heavy (non-hydrogen) atoms. The average Bonchev–Trinajstić information content (AvgIpc) is 2.54. The zero-order chi connectivity index (χ0) is 11.5. The second kappa shape index (κ2) is 4.35. The van der Waals surface area contributed by atoms with Crippen molar-refractivity contribution in [3.63, 3.8) is 0 Å². The second-order valence-electron chi connectivity index (χ2n) is 3.93. The zero-order valence-corrected chi connectivity index (χ0v) is 9.86. The van der Waals surface area contributed by atoms with Gasteiger partial charge in [0.15, 0.2) is 0 Å². The maximum Gasteiger partial charge on any atom is 0.0825 e. The highest BCUT2D eigenvalue weighted by atomic mass is 15.3. The number of nitrogens with one attached hydrogen (secondary N) is 1. The highest BCUT2D eigenvalue weighted by Crippen LogP contribution is 2.12. The highest BCUT2D eigenvalue weighted by Gasteiger charge is 2.02. The normalized spacial score (nSPS) is 10.4. The molecule has 2 aromatic rings. The summed E-state index contributed by atoms with van der Waals surface area (Å²) in [5, 5.41) is 7.61. The summed E-state index contributed by atoms with van der Waals surface area (Å²) in [4.78, 5) is 4.44. The van der Waals surface area contributed by atoms with E-state index in [4.69, 9.17) is 0 Å². The Morgan fingerprint density at radius 2 is 2.12 bits per heavy atom. The minimum Gasteiger partial charge on any atom is -0.377 e. The van der Waals surface area contributed by atoms with Gasteiger partial charge in [0.25, 0.3) is 0 Å². The molecule has 0 atom stereocenters. The van der Waals surface area contributed by atoms with Gasteiger partial charge in [-0.05, 0) is 26.0 Å². The van der Waals surface area contributed by atoms with Crippen LogP contribution in [-0.4, -0.2) is 14.8 Å². The van der Waals surface area contributed by atoms with Crippen molar-refractivity contribution in [2.24, 2.45) is 7.05 Å². The summed E-state index contributed by atoms with van der Waals surface area (Å²) in [7, 11) is 1.92. The summed E-state index contributed by atoms with van der Waals surface area (Å²) in [6.07, 6.45) is 1.98. The maximum atomic E-state index is 4.44. The van der Waals surface area contributed by atoms with Crippen LogP contribution >= 0.6 is 0 Å². The van der Waals surface area contributed by atoms with Crippen LogP contribution in [0.2, 0.25) is 0 Å². The molecule has 2 heterocycles. The second-order valence-corrected chi connectivity index (χ2v) is 3.93. The van der Waals surface area contributed by atoms with E-state index in [-0.39, 0.29) is 0 Å². The summed E-state index contributed by atoms with van der Waals surface area (Å²) in [6, 6.07) is 6.04. The monoisotopic (exact) mass is 216 g/mol. The molecule has 0 amide bonds. The third kappa shape index (κ3) is 2.39. The maximum absolute atomic E-state index is 4.44. The fourth-order valence-corrected chi connectivity index (χ4v) is 1.66. The van der Waals surface area contributed by atoms with Gasteiger partial charge in [-0.3, -0.25) is 9.67 Å². The third-order valence-electron chi connectivity index (χ3n) is 2.42. The molecule has 0 aliphatic rings. The summed E-state index contributed by atoms with van der Waals surface area (Å²) < 4.78 is 1.81. The van der Waals surface area contributed by atoms with E-state index in [0.29, 0.717) is 0 Å². The number of hydrogen-bond acceptors (Lipinski definition) is 3. The average molecular weight is 216 g/mol. The first-order valence-electron chi connectivity index (χ1n) is 5.32. The quantitative estimate of drug-likeness (QED) is 0.853. The van der Waals surface area contributed by atoms with Gasteiger partial charge in [0.2, 0.25) is 0 Å². The molecule has 1 N–H and O–H groups in total. The lowest BCUT2D eigenvalue weighted by molar-refractivity contribution is 0.756. The van der Waals surface area contributed by atoms with Gasteiger partial charge in [-0.15, -0.1) is 0 Å². The van der Waals surface area contributed by atoms with Crippen LogP contribution in [0.1, 0.15) is 17.1 Å². The SMILES string of the molecule is Cc1cccc(CNc2cn(C)nc2C)n1. The number of aromatic nitrogens is 3. The summed E-state index contributed by atoms with van der Waals surface area (Å²) in [5.41, 5.74) is 4.16. The highest BCUT2D eigenvalue weighted by molar-refractivity contribution is 5.45. The molecule has 4 nitrogen and oxygen atoms in total. The fourth-order valence-electron chi connectivity index (χ4n) is 1.66. The van der Waals surface area contributed by atoms with E-state index in [1.807, 2.05) is 45.3 Å². The molecular formula is C12H16N4. The summed E-state index contributed by atoms with van der Waals surface area (Å²) >= 11 is 0. The minimum atomic E-state index is 0.730. The van der Waals surface area contributed by atoms with Crippen LogP contribution in [0.3, 0.4) is 0 Å². The standard InChI is InChI=1S/C12H16N4/c1-9-5-4-6-11(14-9)7-13-12-8-16(3)15-10(12)2/h4-6,8,13H,7H2,1-3H3. The summed E-state index contributed by atoms with van der Waals surface area (Å²) in [6.45, 7) is 4.72. The van der Waals surface area contributed by atoms with Crippen LogP contribution in [0.4, 0.5) is 5.69 Å². The first kappa shape index (κ1) is 10.7. The van der Waals surface area contributed by atoms with E-state index >= 15 is 0 Å². The number of rotatable bonds is 3. The Hall–Kier alpha value is -1.84. The van der Waals surface area contributed by atoms with Crippen molar-refractivity contribution in [2.75, 3.05) is 5.32 Å². The number of aryl methyl sites for hydroxylation is 3. The van der Waals surface area contributed by atoms with E-state index in [1.165, 1.54) is 0 Å². The van der Waals surface area contributed by atoms with Crippen molar-refractivity contribution >= 4 is 5.69 Å². The van der Waals surface area contributed by atoms with Gasteiger partial charge in [-0.2, -0.15) is 5.10 Å². The Morgan fingerprint density at radius 3 is 2.75 bits per heavy atom.